The minimum Gasteiger partial charge on any atom is -0.496 e. The Labute approximate surface area is 93.8 Å². The smallest absolute Gasteiger partial charge is 0.325 e. The average Bonchev–Trinajstić information content (AvgIpc) is 2.35. The fourth-order valence-corrected chi connectivity index (χ4v) is 1.37. The quantitative estimate of drug-likeness (QED) is 0.717. The van der Waals surface area contributed by atoms with Gasteiger partial charge in [-0.25, -0.2) is 0 Å². The lowest BCUT2D eigenvalue weighted by Gasteiger charge is -2.18. The predicted octanol–water partition coefficient (Wildman–Crippen LogP) is 0.229. The van der Waals surface area contributed by atoms with Crippen molar-refractivity contribution in [3.63, 3.8) is 0 Å². The molecular formula is C11H15NO4. The van der Waals surface area contributed by atoms with Crippen molar-refractivity contribution in [3.8, 4) is 5.75 Å². The Balaban J connectivity index is 2.95. The van der Waals surface area contributed by atoms with Crippen LogP contribution in [0.5, 0.6) is 5.75 Å². The van der Waals surface area contributed by atoms with Crippen molar-refractivity contribution in [2.24, 2.45) is 5.73 Å². The van der Waals surface area contributed by atoms with Gasteiger partial charge in [0, 0.05) is 5.56 Å². The van der Waals surface area contributed by atoms with E-state index in [0.29, 0.717) is 11.3 Å². The molecule has 1 aromatic rings. The highest BCUT2D eigenvalue weighted by atomic mass is 16.5. The molecule has 0 saturated carbocycles. The maximum Gasteiger partial charge on any atom is 0.325 e. The number of ether oxygens (including phenoxy) is 2. The van der Waals surface area contributed by atoms with Crippen LogP contribution in [0.2, 0.25) is 0 Å². The molecule has 0 unspecified atom stereocenters. The van der Waals surface area contributed by atoms with Crippen molar-refractivity contribution in [2.75, 3.05) is 14.2 Å². The summed E-state index contributed by atoms with van der Waals surface area (Å²) >= 11 is 0. The first kappa shape index (κ1) is 12.5. The van der Waals surface area contributed by atoms with Gasteiger partial charge < -0.3 is 20.3 Å². The zero-order chi connectivity index (χ0) is 12.1. The number of benzene rings is 1. The van der Waals surface area contributed by atoms with Gasteiger partial charge in [-0.15, -0.1) is 0 Å². The van der Waals surface area contributed by atoms with Gasteiger partial charge in [0.05, 0.1) is 14.2 Å². The highest BCUT2D eigenvalue weighted by molar-refractivity contribution is 5.76. The Bertz CT molecular complexity index is 367. The van der Waals surface area contributed by atoms with Crippen LogP contribution in [-0.2, 0) is 9.53 Å². The molecule has 0 spiro atoms. The van der Waals surface area contributed by atoms with Crippen molar-refractivity contribution in [3.05, 3.63) is 29.8 Å². The van der Waals surface area contributed by atoms with Crippen LogP contribution < -0.4 is 10.5 Å². The Morgan fingerprint density at radius 3 is 2.56 bits per heavy atom. The van der Waals surface area contributed by atoms with Crippen molar-refractivity contribution < 1.29 is 19.4 Å². The van der Waals surface area contributed by atoms with E-state index in [1.165, 1.54) is 14.2 Å². The van der Waals surface area contributed by atoms with Gasteiger partial charge in [-0.3, -0.25) is 4.79 Å². The van der Waals surface area contributed by atoms with E-state index >= 15 is 0 Å². The van der Waals surface area contributed by atoms with Crippen LogP contribution in [0.3, 0.4) is 0 Å². The Hall–Kier alpha value is -1.59. The minimum atomic E-state index is -1.15. The molecule has 16 heavy (non-hydrogen) atoms. The summed E-state index contributed by atoms with van der Waals surface area (Å²) in [5.74, 6) is -0.187. The molecule has 1 rings (SSSR count). The SMILES string of the molecule is COC(=O)[C@@H](N)[C@H](O)c1ccccc1OC. The summed E-state index contributed by atoms with van der Waals surface area (Å²) in [6.45, 7) is 0. The number of aliphatic hydroxyl groups is 1. The van der Waals surface area contributed by atoms with Crippen molar-refractivity contribution in [1.82, 2.24) is 0 Å². The van der Waals surface area contributed by atoms with Crippen LogP contribution >= 0.6 is 0 Å². The van der Waals surface area contributed by atoms with Gasteiger partial charge in [-0.2, -0.15) is 0 Å². The number of methoxy groups -OCH3 is 2. The lowest BCUT2D eigenvalue weighted by Crippen LogP contribution is -2.37. The summed E-state index contributed by atoms with van der Waals surface area (Å²) in [5.41, 5.74) is 6.01. The number of aliphatic hydroxyl groups excluding tert-OH is 1. The number of carbonyl (C=O) groups is 1. The van der Waals surface area contributed by atoms with E-state index in [9.17, 15) is 9.90 Å². The summed E-state index contributed by atoms with van der Waals surface area (Å²) in [4.78, 5) is 11.2. The van der Waals surface area contributed by atoms with E-state index in [0.717, 1.165) is 0 Å². The van der Waals surface area contributed by atoms with Crippen LogP contribution in [-0.4, -0.2) is 31.3 Å². The third-order valence-electron chi connectivity index (χ3n) is 2.27. The van der Waals surface area contributed by atoms with E-state index in [1.54, 1.807) is 24.3 Å². The molecule has 5 heteroatoms. The lowest BCUT2D eigenvalue weighted by molar-refractivity contribution is -0.145. The van der Waals surface area contributed by atoms with E-state index in [4.69, 9.17) is 10.5 Å². The average molecular weight is 225 g/mol. The number of rotatable bonds is 4. The largest absolute Gasteiger partial charge is 0.496 e. The number of para-hydroxylation sites is 1. The second-order valence-corrected chi connectivity index (χ2v) is 3.24. The Kier molecular flexibility index (Phi) is 4.28. The zero-order valence-corrected chi connectivity index (χ0v) is 9.21. The summed E-state index contributed by atoms with van der Waals surface area (Å²) in [6.07, 6.45) is -1.15. The molecule has 0 aliphatic heterocycles. The van der Waals surface area contributed by atoms with Crippen LogP contribution in [0.4, 0.5) is 0 Å². The van der Waals surface area contributed by atoms with Crippen LogP contribution in [0.15, 0.2) is 24.3 Å². The molecule has 0 aliphatic rings. The molecule has 0 amide bonds. The second kappa shape index (κ2) is 5.48. The van der Waals surface area contributed by atoms with Crippen molar-refractivity contribution >= 4 is 5.97 Å². The van der Waals surface area contributed by atoms with Crippen molar-refractivity contribution in [2.45, 2.75) is 12.1 Å². The Morgan fingerprint density at radius 1 is 1.38 bits per heavy atom. The molecule has 0 radical (unpaired) electrons. The van der Waals surface area contributed by atoms with Gasteiger partial charge in [-0.05, 0) is 6.07 Å². The molecule has 5 nitrogen and oxygen atoms in total. The van der Waals surface area contributed by atoms with Crippen LogP contribution in [0.1, 0.15) is 11.7 Å². The van der Waals surface area contributed by atoms with Gasteiger partial charge in [0.1, 0.15) is 17.9 Å². The van der Waals surface area contributed by atoms with Crippen LogP contribution in [0, 0.1) is 0 Å². The minimum absolute atomic E-state index is 0.461. The number of hydrogen-bond donors (Lipinski definition) is 2. The standard InChI is InChI=1S/C11H15NO4/c1-15-8-6-4-3-5-7(8)10(13)9(12)11(14)16-2/h3-6,9-10,13H,12H2,1-2H3/t9-,10+/m0/s1. The molecule has 0 aromatic heterocycles. The topological polar surface area (TPSA) is 81.8 Å². The summed E-state index contributed by atoms with van der Waals surface area (Å²) in [6, 6.07) is 5.69. The van der Waals surface area contributed by atoms with E-state index in [2.05, 4.69) is 4.74 Å². The molecule has 0 heterocycles. The number of carbonyl (C=O) groups excluding carboxylic acids is 1. The molecule has 3 N–H and O–H groups in total. The maximum atomic E-state index is 11.2. The zero-order valence-electron chi connectivity index (χ0n) is 9.21. The van der Waals surface area contributed by atoms with E-state index in [-0.39, 0.29) is 0 Å². The molecule has 88 valence electrons. The fraction of sp³-hybridized carbons (Fsp3) is 0.364. The third kappa shape index (κ3) is 2.50. The molecule has 1 aromatic carbocycles. The number of nitrogens with two attached hydrogens (primary N) is 1. The number of esters is 1. The first-order chi connectivity index (χ1) is 7.61. The van der Waals surface area contributed by atoms with Gasteiger partial charge in [0.2, 0.25) is 0 Å². The summed E-state index contributed by atoms with van der Waals surface area (Å²) < 4.78 is 9.53. The van der Waals surface area contributed by atoms with E-state index < -0.39 is 18.1 Å². The van der Waals surface area contributed by atoms with Gasteiger partial charge in [0.15, 0.2) is 0 Å². The second-order valence-electron chi connectivity index (χ2n) is 3.24. The summed E-state index contributed by atoms with van der Waals surface area (Å²) in [5, 5.41) is 9.90. The maximum absolute atomic E-state index is 11.2. The van der Waals surface area contributed by atoms with Gasteiger partial charge in [-0.1, -0.05) is 18.2 Å². The molecular weight excluding hydrogens is 210 g/mol. The molecule has 2 atom stereocenters. The first-order valence-corrected chi connectivity index (χ1v) is 4.76. The highest BCUT2D eigenvalue weighted by Crippen LogP contribution is 2.26. The lowest BCUT2D eigenvalue weighted by atomic mass is 10.0. The van der Waals surface area contributed by atoms with E-state index in [1.807, 2.05) is 0 Å². The fourth-order valence-electron chi connectivity index (χ4n) is 1.37. The first-order valence-electron chi connectivity index (χ1n) is 4.76. The predicted molar refractivity (Wildman–Crippen MR) is 57.9 cm³/mol. The van der Waals surface area contributed by atoms with Crippen LogP contribution in [0.25, 0.3) is 0 Å². The molecule has 0 aliphatic carbocycles. The monoisotopic (exact) mass is 225 g/mol. The Morgan fingerprint density at radius 2 is 2.00 bits per heavy atom. The van der Waals surface area contributed by atoms with Gasteiger partial charge >= 0.3 is 5.97 Å². The number of hydrogen-bond acceptors (Lipinski definition) is 5. The third-order valence-corrected chi connectivity index (χ3v) is 2.27. The van der Waals surface area contributed by atoms with Crippen molar-refractivity contribution in [1.29, 1.82) is 0 Å². The molecule has 0 saturated heterocycles. The highest BCUT2D eigenvalue weighted by Gasteiger charge is 2.26. The molecule has 0 bridgehead atoms. The molecule has 0 fully saturated rings. The summed E-state index contributed by atoms with van der Waals surface area (Å²) in [7, 11) is 2.70. The van der Waals surface area contributed by atoms with Gasteiger partial charge in [0.25, 0.3) is 0 Å². The normalized spacial score (nSPS) is 14.0.